The molecule has 1 aliphatic heterocycles. The number of carbonyl (C=O) groups excluding carboxylic acids is 2. The van der Waals surface area contributed by atoms with E-state index in [0.29, 0.717) is 38.7 Å². The number of esters is 1. The minimum atomic E-state index is -1.04. The minimum Gasteiger partial charge on any atom is -0.486 e. The van der Waals surface area contributed by atoms with Crippen LogP contribution in [-0.4, -0.2) is 61.5 Å². The SMILES string of the molecule is C#CCC(CC#C)COC(=O)O[C@H](/C=C/[C@@H]1C2CC[C@H](CCCC(=O)OC(C)C)CO[C@H](C2)C[C@H]1O)COc1cc(F)ccc1F. The third-order valence-electron chi connectivity index (χ3n) is 8.27. The summed E-state index contributed by atoms with van der Waals surface area (Å²) >= 11 is 0. The van der Waals surface area contributed by atoms with Gasteiger partial charge in [-0.25, -0.2) is 13.6 Å². The molecule has 1 N–H and O–H groups in total. The first-order valence-corrected chi connectivity index (χ1v) is 16.0. The molecule has 0 spiro atoms. The maximum absolute atomic E-state index is 14.2. The van der Waals surface area contributed by atoms with E-state index in [1.165, 1.54) is 0 Å². The topological polar surface area (TPSA) is 101 Å². The minimum absolute atomic E-state index is 0.0477. The Hall–Kier alpha value is -3.60. The third kappa shape index (κ3) is 12.7. The number of ether oxygens (including phenoxy) is 5. The van der Waals surface area contributed by atoms with Crippen LogP contribution in [0.5, 0.6) is 5.75 Å². The van der Waals surface area contributed by atoms with Crippen molar-refractivity contribution in [3.8, 4) is 30.4 Å². The highest BCUT2D eigenvalue weighted by atomic mass is 19.1. The van der Waals surface area contributed by atoms with Crippen molar-refractivity contribution < 1.29 is 47.2 Å². The lowest BCUT2D eigenvalue weighted by Crippen LogP contribution is -2.41. The van der Waals surface area contributed by atoms with Gasteiger partial charge in [0.2, 0.25) is 0 Å². The Labute approximate surface area is 271 Å². The Morgan fingerprint density at radius 3 is 2.59 bits per heavy atom. The molecule has 46 heavy (non-hydrogen) atoms. The van der Waals surface area contributed by atoms with Crippen molar-refractivity contribution in [2.45, 2.75) is 96.1 Å². The zero-order chi connectivity index (χ0) is 33.5. The van der Waals surface area contributed by atoms with Gasteiger partial charge in [0.05, 0.1) is 24.9 Å². The van der Waals surface area contributed by atoms with Crippen LogP contribution in [0.2, 0.25) is 0 Å². The summed E-state index contributed by atoms with van der Waals surface area (Å²) in [7, 11) is 0. The normalized spacial score (nSPS) is 23.5. The van der Waals surface area contributed by atoms with Crippen LogP contribution < -0.4 is 4.74 Å². The number of aliphatic hydroxyl groups is 1. The number of fused-ring (bicyclic) bond motifs is 2. The van der Waals surface area contributed by atoms with Gasteiger partial charge >= 0.3 is 12.1 Å². The summed E-state index contributed by atoms with van der Waals surface area (Å²) in [6, 6.07) is 2.82. The molecule has 2 bridgehead atoms. The van der Waals surface area contributed by atoms with Crippen molar-refractivity contribution in [2.75, 3.05) is 19.8 Å². The van der Waals surface area contributed by atoms with Crippen LogP contribution in [-0.2, 0) is 23.7 Å². The molecule has 1 aromatic carbocycles. The molecular formula is C36H46F2O8. The molecule has 252 valence electrons. The molecule has 1 aliphatic carbocycles. The van der Waals surface area contributed by atoms with Gasteiger partial charge in [-0.15, -0.1) is 24.7 Å². The average molecular weight is 645 g/mol. The second kappa shape index (κ2) is 19.2. The number of halogens is 2. The van der Waals surface area contributed by atoms with Gasteiger partial charge in [-0.05, 0) is 76.0 Å². The van der Waals surface area contributed by atoms with Crippen LogP contribution in [0.3, 0.4) is 0 Å². The molecule has 2 aliphatic rings. The van der Waals surface area contributed by atoms with E-state index in [1.807, 2.05) is 13.8 Å². The molecular weight excluding hydrogens is 598 g/mol. The number of hydrogen-bond acceptors (Lipinski definition) is 8. The van der Waals surface area contributed by atoms with Gasteiger partial charge in [-0.2, -0.15) is 0 Å². The van der Waals surface area contributed by atoms with Crippen molar-refractivity contribution >= 4 is 12.1 Å². The number of aliphatic hydroxyl groups excluding tert-OH is 1. The summed E-state index contributed by atoms with van der Waals surface area (Å²) in [5.74, 6) is 2.90. The summed E-state index contributed by atoms with van der Waals surface area (Å²) in [4.78, 5) is 24.6. The molecule has 0 radical (unpaired) electrons. The highest BCUT2D eigenvalue weighted by molar-refractivity contribution is 5.69. The van der Waals surface area contributed by atoms with Crippen LogP contribution >= 0.6 is 0 Å². The summed E-state index contributed by atoms with van der Waals surface area (Å²) in [6.07, 6.45) is 16.7. The molecule has 1 saturated carbocycles. The second-order valence-corrected chi connectivity index (χ2v) is 12.4. The molecule has 3 rings (SSSR count). The Kier molecular flexibility index (Phi) is 15.3. The van der Waals surface area contributed by atoms with E-state index in [9.17, 15) is 23.5 Å². The van der Waals surface area contributed by atoms with Crippen LogP contribution in [0.15, 0.2) is 30.4 Å². The molecule has 1 saturated heterocycles. The van der Waals surface area contributed by atoms with E-state index in [1.54, 1.807) is 12.2 Å². The van der Waals surface area contributed by atoms with Gasteiger partial charge in [-0.1, -0.05) is 6.08 Å². The predicted octanol–water partition coefficient (Wildman–Crippen LogP) is 6.39. The zero-order valence-electron chi connectivity index (χ0n) is 26.7. The average Bonchev–Trinajstić information content (AvgIpc) is 2.99. The fourth-order valence-electron chi connectivity index (χ4n) is 5.96. The molecule has 6 atom stereocenters. The number of rotatable bonds is 15. The first kappa shape index (κ1) is 36.9. The van der Waals surface area contributed by atoms with Crippen LogP contribution in [0.4, 0.5) is 13.6 Å². The van der Waals surface area contributed by atoms with Crippen molar-refractivity contribution in [3.63, 3.8) is 0 Å². The summed E-state index contributed by atoms with van der Waals surface area (Å²) in [6.45, 7) is 3.86. The summed E-state index contributed by atoms with van der Waals surface area (Å²) < 4.78 is 55.6. The summed E-state index contributed by atoms with van der Waals surface area (Å²) in [5, 5.41) is 11.1. The number of hydrogen-bond donors (Lipinski definition) is 1. The van der Waals surface area contributed by atoms with Gasteiger partial charge in [0.1, 0.15) is 12.4 Å². The fraction of sp³-hybridized carbons (Fsp3) is 0.611. The van der Waals surface area contributed by atoms with Gasteiger partial charge < -0.3 is 28.8 Å². The maximum atomic E-state index is 14.2. The van der Waals surface area contributed by atoms with E-state index in [2.05, 4.69) is 11.8 Å². The van der Waals surface area contributed by atoms with Crippen molar-refractivity contribution in [3.05, 3.63) is 42.0 Å². The molecule has 0 amide bonds. The van der Waals surface area contributed by atoms with Gasteiger partial charge in [-0.3, -0.25) is 4.79 Å². The van der Waals surface area contributed by atoms with Crippen molar-refractivity contribution in [1.29, 1.82) is 0 Å². The lowest BCUT2D eigenvalue weighted by molar-refractivity contribution is -0.147. The molecule has 1 aromatic rings. The highest BCUT2D eigenvalue weighted by Gasteiger charge is 2.38. The first-order chi connectivity index (χ1) is 22.1. The van der Waals surface area contributed by atoms with Gasteiger partial charge in [0, 0.05) is 50.2 Å². The third-order valence-corrected chi connectivity index (χ3v) is 8.27. The first-order valence-electron chi connectivity index (χ1n) is 16.0. The molecule has 10 heteroatoms. The Balaban J connectivity index is 1.66. The lowest BCUT2D eigenvalue weighted by Gasteiger charge is -2.41. The van der Waals surface area contributed by atoms with Crippen LogP contribution in [0.25, 0.3) is 0 Å². The van der Waals surface area contributed by atoms with Gasteiger partial charge in [0.15, 0.2) is 17.7 Å². The fourth-order valence-corrected chi connectivity index (χ4v) is 5.96. The van der Waals surface area contributed by atoms with E-state index in [-0.39, 0.29) is 60.8 Å². The van der Waals surface area contributed by atoms with Crippen LogP contribution in [0.1, 0.15) is 71.6 Å². The van der Waals surface area contributed by atoms with E-state index in [4.69, 9.17) is 36.5 Å². The van der Waals surface area contributed by atoms with Crippen molar-refractivity contribution in [2.24, 2.45) is 23.7 Å². The van der Waals surface area contributed by atoms with E-state index >= 15 is 0 Å². The molecule has 1 heterocycles. The predicted molar refractivity (Wildman–Crippen MR) is 167 cm³/mol. The largest absolute Gasteiger partial charge is 0.508 e. The second-order valence-electron chi connectivity index (χ2n) is 12.4. The molecule has 1 unspecified atom stereocenters. The Morgan fingerprint density at radius 1 is 1.11 bits per heavy atom. The van der Waals surface area contributed by atoms with Crippen molar-refractivity contribution in [1.82, 2.24) is 0 Å². The monoisotopic (exact) mass is 644 g/mol. The highest BCUT2D eigenvalue weighted by Crippen LogP contribution is 2.39. The molecule has 8 nitrogen and oxygen atoms in total. The maximum Gasteiger partial charge on any atom is 0.508 e. The Morgan fingerprint density at radius 2 is 1.87 bits per heavy atom. The van der Waals surface area contributed by atoms with E-state index in [0.717, 1.165) is 43.9 Å². The number of terminal acetylenes is 2. The Bertz CT molecular complexity index is 1220. The molecule has 0 aromatic heterocycles. The number of benzene rings is 1. The summed E-state index contributed by atoms with van der Waals surface area (Å²) in [5.41, 5.74) is 0. The molecule has 2 fully saturated rings. The lowest BCUT2D eigenvalue weighted by atomic mass is 9.72. The zero-order valence-corrected chi connectivity index (χ0v) is 26.7. The van der Waals surface area contributed by atoms with E-state index < -0.39 is 30.0 Å². The quantitative estimate of drug-likeness (QED) is 0.133. The smallest absolute Gasteiger partial charge is 0.486 e. The standard InChI is InChI=1S/C36H46F2O8/c1-5-8-25(9-6-2)22-44-36(41)46-29(23-43-34-19-28(37)14-17-32(34)38)15-16-31-27-13-12-26(10-7-11-35(40)45-24(3)4)21-42-30(18-27)20-33(31)39/h1-2,14-17,19,24-27,29-31,33,39H,7-13,18,20-23H2,3-4H3/b16-15+/t26-,27?,29+,30+,31+,33+/m0/s1. The van der Waals surface area contributed by atoms with Gasteiger partial charge in [0.25, 0.3) is 0 Å². The van der Waals surface area contributed by atoms with Crippen LogP contribution in [0, 0.1) is 60.0 Å². The number of carbonyl (C=O) groups is 2.